The molecule has 202 valence electrons. The van der Waals surface area contributed by atoms with Crippen molar-refractivity contribution in [2.45, 2.75) is 25.8 Å². The fourth-order valence-electron chi connectivity index (χ4n) is 4.65. The van der Waals surface area contributed by atoms with Crippen LogP contribution >= 0.6 is 22.9 Å². The Morgan fingerprint density at radius 3 is 2.74 bits per heavy atom. The van der Waals surface area contributed by atoms with Gasteiger partial charge in [-0.05, 0) is 72.7 Å². The van der Waals surface area contributed by atoms with Gasteiger partial charge >= 0.3 is 0 Å². The van der Waals surface area contributed by atoms with Gasteiger partial charge in [-0.25, -0.2) is 0 Å². The van der Waals surface area contributed by atoms with Gasteiger partial charge in [-0.15, -0.1) is 11.3 Å². The molecule has 0 saturated heterocycles. The van der Waals surface area contributed by atoms with Crippen LogP contribution < -0.4 is 9.47 Å². The van der Waals surface area contributed by atoms with Gasteiger partial charge in [-0.1, -0.05) is 23.7 Å². The van der Waals surface area contributed by atoms with Crippen LogP contribution in [0.25, 0.3) is 0 Å². The summed E-state index contributed by atoms with van der Waals surface area (Å²) in [7, 11) is 3.15. The Morgan fingerprint density at radius 1 is 1.16 bits per heavy atom. The van der Waals surface area contributed by atoms with E-state index in [1.807, 2.05) is 36.1 Å². The first-order chi connectivity index (χ1) is 18.4. The first kappa shape index (κ1) is 28.0. The second kappa shape index (κ2) is 13.1. The van der Waals surface area contributed by atoms with Crippen molar-refractivity contribution in [3.05, 3.63) is 80.5 Å². The highest BCUT2D eigenvalue weighted by molar-refractivity contribution is 7.10. The fraction of sp³-hybridized carbons (Fsp3) is 0.379. The number of nitrogens with zero attached hydrogens (tertiary/aromatic N) is 2. The fourth-order valence-corrected chi connectivity index (χ4v) is 5.70. The molecule has 2 aromatic carbocycles. The van der Waals surface area contributed by atoms with Crippen molar-refractivity contribution < 1.29 is 23.8 Å². The number of carbonyl (C=O) groups is 2. The summed E-state index contributed by atoms with van der Waals surface area (Å²) in [6, 6.07) is 14.4. The molecule has 0 saturated carbocycles. The highest BCUT2D eigenvalue weighted by Gasteiger charge is 2.34. The van der Waals surface area contributed by atoms with E-state index in [1.54, 1.807) is 41.5 Å². The van der Waals surface area contributed by atoms with Crippen molar-refractivity contribution >= 4 is 34.8 Å². The van der Waals surface area contributed by atoms with E-state index in [1.165, 1.54) is 12.0 Å². The summed E-state index contributed by atoms with van der Waals surface area (Å²) in [6.45, 7) is 3.63. The summed E-state index contributed by atoms with van der Waals surface area (Å²) >= 11 is 7.87. The molecule has 0 spiro atoms. The second-order valence-corrected chi connectivity index (χ2v) is 10.6. The molecule has 1 aromatic heterocycles. The third kappa shape index (κ3) is 6.49. The molecule has 9 heteroatoms. The molecule has 38 heavy (non-hydrogen) atoms. The van der Waals surface area contributed by atoms with Gasteiger partial charge in [0.05, 0.1) is 18.7 Å². The third-order valence-corrected chi connectivity index (χ3v) is 8.10. The van der Waals surface area contributed by atoms with Crippen LogP contribution in [0.1, 0.15) is 38.8 Å². The number of carbonyl (C=O) groups excluding carboxylic acids is 2. The summed E-state index contributed by atoms with van der Waals surface area (Å²) < 4.78 is 16.8. The van der Waals surface area contributed by atoms with Gasteiger partial charge in [-0.2, -0.15) is 0 Å². The van der Waals surface area contributed by atoms with E-state index in [0.29, 0.717) is 54.8 Å². The molecule has 3 aromatic rings. The number of aryl methyl sites for hydroxylation is 1. The van der Waals surface area contributed by atoms with Crippen LogP contribution in [0.2, 0.25) is 5.02 Å². The molecule has 0 fully saturated rings. The quantitative estimate of drug-likeness (QED) is 0.296. The molecule has 1 atom stereocenters. The zero-order valence-electron chi connectivity index (χ0n) is 21.9. The van der Waals surface area contributed by atoms with E-state index in [-0.39, 0.29) is 24.4 Å². The topological polar surface area (TPSA) is 68.3 Å². The minimum absolute atomic E-state index is 0.0450. The number of fused-ring (bicyclic) bond motifs is 1. The van der Waals surface area contributed by atoms with E-state index in [0.717, 1.165) is 17.5 Å². The van der Waals surface area contributed by atoms with Gasteiger partial charge in [-0.3, -0.25) is 9.59 Å². The van der Waals surface area contributed by atoms with Crippen LogP contribution in [0.3, 0.4) is 0 Å². The predicted molar refractivity (Wildman–Crippen MR) is 150 cm³/mol. The SMILES string of the molecule is COCCCN(CC(=O)N1CCc2sccc2C1COc1ccc(Cl)c(C)c1)C(=O)c1ccccc1OC. The average Bonchev–Trinajstić information content (AvgIpc) is 3.42. The van der Waals surface area contributed by atoms with Gasteiger partial charge in [0.15, 0.2) is 0 Å². The number of hydrogen-bond donors (Lipinski definition) is 0. The van der Waals surface area contributed by atoms with Gasteiger partial charge < -0.3 is 24.0 Å². The molecule has 1 aliphatic rings. The smallest absolute Gasteiger partial charge is 0.258 e. The monoisotopic (exact) mass is 556 g/mol. The van der Waals surface area contributed by atoms with Gasteiger partial charge in [0.25, 0.3) is 5.91 Å². The lowest BCUT2D eigenvalue weighted by Crippen LogP contribution is -2.48. The van der Waals surface area contributed by atoms with Crippen LogP contribution in [0, 0.1) is 6.92 Å². The van der Waals surface area contributed by atoms with Crippen molar-refractivity contribution in [3.63, 3.8) is 0 Å². The number of thiophene rings is 1. The summed E-state index contributed by atoms with van der Waals surface area (Å²) in [5, 5.41) is 2.74. The number of ether oxygens (including phenoxy) is 3. The maximum Gasteiger partial charge on any atom is 0.258 e. The molecule has 0 bridgehead atoms. The average molecular weight is 557 g/mol. The Bertz CT molecular complexity index is 1260. The molecule has 0 N–H and O–H groups in total. The largest absolute Gasteiger partial charge is 0.496 e. The molecule has 0 aliphatic carbocycles. The first-order valence-corrected chi connectivity index (χ1v) is 13.8. The highest BCUT2D eigenvalue weighted by Crippen LogP contribution is 2.34. The normalized spacial score (nSPS) is 14.6. The Kier molecular flexibility index (Phi) is 9.66. The molecule has 1 aliphatic heterocycles. The van der Waals surface area contributed by atoms with E-state index >= 15 is 0 Å². The van der Waals surface area contributed by atoms with E-state index in [9.17, 15) is 9.59 Å². The molecular formula is C29H33ClN2O5S. The third-order valence-electron chi connectivity index (χ3n) is 6.68. The lowest BCUT2D eigenvalue weighted by atomic mass is 10.00. The maximum absolute atomic E-state index is 13.8. The minimum atomic E-state index is -0.254. The Hall–Kier alpha value is -3.07. The van der Waals surface area contributed by atoms with Crippen LogP contribution in [0.15, 0.2) is 53.9 Å². The Balaban J connectivity index is 1.54. The van der Waals surface area contributed by atoms with E-state index in [4.69, 9.17) is 25.8 Å². The molecule has 0 radical (unpaired) electrons. The summed E-state index contributed by atoms with van der Waals surface area (Å²) in [5.41, 5.74) is 2.46. The summed E-state index contributed by atoms with van der Waals surface area (Å²) in [4.78, 5) is 32.0. The maximum atomic E-state index is 13.8. The van der Waals surface area contributed by atoms with Crippen molar-refractivity contribution in [3.8, 4) is 11.5 Å². The number of halogens is 1. The van der Waals surface area contributed by atoms with Crippen molar-refractivity contribution in [1.82, 2.24) is 9.80 Å². The molecule has 2 heterocycles. The molecular weight excluding hydrogens is 524 g/mol. The lowest BCUT2D eigenvalue weighted by Gasteiger charge is -2.37. The van der Waals surface area contributed by atoms with Crippen molar-refractivity contribution in [1.29, 1.82) is 0 Å². The van der Waals surface area contributed by atoms with Gasteiger partial charge in [0.1, 0.15) is 24.7 Å². The number of hydrogen-bond acceptors (Lipinski definition) is 6. The number of para-hydroxylation sites is 1. The van der Waals surface area contributed by atoms with E-state index < -0.39 is 0 Å². The molecule has 7 nitrogen and oxygen atoms in total. The van der Waals surface area contributed by atoms with Crippen LogP contribution in [0.4, 0.5) is 0 Å². The molecule has 4 rings (SSSR count). The number of amides is 2. The van der Waals surface area contributed by atoms with Crippen molar-refractivity contribution in [2.24, 2.45) is 0 Å². The van der Waals surface area contributed by atoms with Crippen LogP contribution in [-0.4, -0.2) is 68.7 Å². The second-order valence-electron chi connectivity index (χ2n) is 9.15. The van der Waals surface area contributed by atoms with Gasteiger partial charge in [0, 0.05) is 36.7 Å². The molecule has 1 unspecified atom stereocenters. The number of rotatable bonds is 11. The highest BCUT2D eigenvalue weighted by atomic mass is 35.5. The standard InChI is InChI=1S/C29H33ClN2O5S/c1-20-17-21(9-10-24(20)30)37-19-25-22-12-16-38-27(22)11-14-32(25)28(33)18-31(13-6-15-35-2)29(34)23-7-4-5-8-26(23)36-3/h4-5,7-10,12,16-17,25H,6,11,13-15,18-19H2,1-3H3. The van der Waals surface area contributed by atoms with E-state index in [2.05, 4.69) is 11.4 Å². The zero-order chi connectivity index (χ0) is 27.1. The first-order valence-electron chi connectivity index (χ1n) is 12.6. The minimum Gasteiger partial charge on any atom is -0.496 e. The zero-order valence-corrected chi connectivity index (χ0v) is 23.5. The predicted octanol–water partition coefficient (Wildman–Crippen LogP) is 5.40. The van der Waals surface area contributed by atoms with Crippen LogP contribution in [-0.2, 0) is 16.0 Å². The summed E-state index contributed by atoms with van der Waals surface area (Å²) in [5.74, 6) is 0.814. The number of methoxy groups -OCH3 is 2. The van der Waals surface area contributed by atoms with Gasteiger partial charge in [0.2, 0.25) is 5.91 Å². The lowest BCUT2D eigenvalue weighted by molar-refractivity contribution is -0.135. The van der Waals surface area contributed by atoms with Crippen LogP contribution in [0.5, 0.6) is 11.5 Å². The number of benzene rings is 2. The Labute approximate surface area is 232 Å². The van der Waals surface area contributed by atoms with Crippen molar-refractivity contribution in [2.75, 3.05) is 47.1 Å². The Morgan fingerprint density at radius 2 is 1.97 bits per heavy atom. The molecule has 2 amide bonds. The summed E-state index contributed by atoms with van der Waals surface area (Å²) in [6.07, 6.45) is 1.39.